The van der Waals surface area contributed by atoms with Gasteiger partial charge in [-0.1, -0.05) is 6.92 Å². The minimum Gasteiger partial charge on any atom is -0.469 e. The number of methoxy groups -OCH3 is 2. The van der Waals surface area contributed by atoms with Gasteiger partial charge in [0.05, 0.1) is 33.9 Å². The van der Waals surface area contributed by atoms with Gasteiger partial charge in [0, 0.05) is 24.2 Å². The molecule has 2 N–H and O–H groups in total. The molecule has 0 aliphatic heterocycles. The molecule has 0 aliphatic rings. The van der Waals surface area contributed by atoms with Crippen LogP contribution in [0.25, 0.3) is 0 Å². The number of aromatic amines is 2. The summed E-state index contributed by atoms with van der Waals surface area (Å²) in [6, 6.07) is 0. The van der Waals surface area contributed by atoms with Crippen LogP contribution in [0.1, 0.15) is 81.8 Å². The number of ether oxygens (including phenoxy) is 4. The molecule has 0 amide bonds. The third-order valence-electron chi connectivity index (χ3n) is 5.80. The van der Waals surface area contributed by atoms with Crippen LogP contribution in [0.15, 0.2) is 0 Å². The van der Waals surface area contributed by atoms with E-state index < -0.39 is 17.9 Å². The summed E-state index contributed by atoms with van der Waals surface area (Å²) < 4.78 is 20.0. The Hall–Kier alpha value is -3.56. The van der Waals surface area contributed by atoms with Crippen molar-refractivity contribution in [3.63, 3.8) is 0 Å². The third-order valence-corrected chi connectivity index (χ3v) is 5.80. The zero-order valence-corrected chi connectivity index (χ0v) is 21.2. The Bertz CT molecular complexity index is 1080. The average Bonchev–Trinajstić information content (AvgIpc) is 3.35. The first-order chi connectivity index (χ1) is 16.7. The first kappa shape index (κ1) is 27.7. The highest BCUT2D eigenvalue weighted by atomic mass is 16.5. The van der Waals surface area contributed by atoms with Gasteiger partial charge in [-0.25, -0.2) is 9.59 Å². The van der Waals surface area contributed by atoms with Crippen molar-refractivity contribution in [2.75, 3.05) is 27.4 Å². The number of aromatic nitrogens is 2. The fourth-order valence-electron chi connectivity index (χ4n) is 4.07. The maximum absolute atomic E-state index is 12.6. The molecule has 0 aromatic carbocycles. The number of carbonyl (C=O) groups excluding carboxylic acids is 4. The van der Waals surface area contributed by atoms with Crippen molar-refractivity contribution in [2.45, 2.75) is 59.8 Å². The SMILES string of the molecule is CCOC(=O)c1[nH]c(Cc2[nH]c(C(=O)OCC)c(CC)c2CCC(=O)OC)c(CC(=O)OC)c1C. The molecule has 35 heavy (non-hydrogen) atoms. The second-order valence-corrected chi connectivity index (χ2v) is 7.82. The molecule has 2 aromatic rings. The van der Waals surface area contributed by atoms with Gasteiger partial charge in [-0.15, -0.1) is 0 Å². The first-order valence-corrected chi connectivity index (χ1v) is 11.6. The highest BCUT2D eigenvalue weighted by Crippen LogP contribution is 2.28. The molecule has 0 radical (unpaired) electrons. The maximum atomic E-state index is 12.6. The summed E-state index contributed by atoms with van der Waals surface area (Å²) in [5, 5.41) is 0. The van der Waals surface area contributed by atoms with E-state index in [1.54, 1.807) is 20.8 Å². The highest BCUT2D eigenvalue weighted by molar-refractivity contribution is 5.91. The zero-order valence-electron chi connectivity index (χ0n) is 21.2. The number of nitrogens with one attached hydrogen (secondary N) is 2. The quantitative estimate of drug-likeness (QED) is 0.342. The van der Waals surface area contributed by atoms with E-state index in [0.29, 0.717) is 41.1 Å². The van der Waals surface area contributed by atoms with E-state index in [-0.39, 0.29) is 44.1 Å². The van der Waals surface area contributed by atoms with Gasteiger partial charge in [0.15, 0.2) is 0 Å². The Labute approximate surface area is 204 Å². The fraction of sp³-hybridized carbons (Fsp3) is 0.520. The molecule has 2 heterocycles. The summed E-state index contributed by atoms with van der Waals surface area (Å²) in [5.74, 6) is -1.84. The van der Waals surface area contributed by atoms with Crippen molar-refractivity contribution in [2.24, 2.45) is 0 Å². The Kier molecular flexibility index (Phi) is 10.1. The van der Waals surface area contributed by atoms with Crippen LogP contribution >= 0.6 is 0 Å². The predicted molar refractivity (Wildman–Crippen MR) is 126 cm³/mol. The summed E-state index contributed by atoms with van der Waals surface area (Å²) in [5.41, 5.74) is 4.63. The van der Waals surface area contributed by atoms with Crippen LogP contribution in [0.3, 0.4) is 0 Å². The van der Waals surface area contributed by atoms with E-state index in [9.17, 15) is 19.2 Å². The van der Waals surface area contributed by atoms with Gasteiger partial charge in [-0.05, 0) is 55.9 Å². The molecule has 192 valence electrons. The molecule has 0 spiro atoms. The zero-order chi connectivity index (χ0) is 26.1. The number of carbonyl (C=O) groups is 4. The lowest BCUT2D eigenvalue weighted by Gasteiger charge is -2.08. The van der Waals surface area contributed by atoms with Crippen LogP contribution in [0, 0.1) is 6.92 Å². The maximum Gasteiger partial charge on any atom is 0.355 e. The lowest BCUT2D eigenvalue weighted by molar-refractivity contribution is -0.141. The number of H-pyrrole nitrogens is 2. The van der Waals surface area contributed by atoms with E-state index in [4.69, 9.17) is 18.9 Å². The van der Waals surface area contributed by atoms with E-state index in [2.05, 4.69) is 9.97 Å². The standard InChI is InChI=1S/C25H34N2O8/c1-7-15-16(10-11-20(28)32-5)18(27-23(15)25(31)35-9-3)13-19-17(12-21(29)33-6)14(4)22(26-19)24(30)34-8-2/h26-27H,7-13H2,1-6H3. The van der Waals surface area contributed by atoms with Crippen molar-refractivity contribution in [1.29, 1.82) is 0 Å². The molecule has 0 unspecified atom stereocenters. The monoisotopic (exact) mass is 490 g/mol. The van der Waals surface area contributed by atoms with Gasteiger partial charge in [0.2, 0.25) is 0 Å². The molecule has 0 fully saturated rings. The van der Waals surface area contributed by atoms with Crippen LogP contribution in [-0.2, 0) is 54.2 Å². The van der Waals surface area contributed by atoms with Gasteiger partial charge in [-0.2, -0.15) is 0 Å². The minimum atomic E-state index is -0.527. The molecular formula is C25H34N2O8. The smallest absolute Gasteiger partial charge is 0.355 e. The van der Waals surface area contributed by atoms with Crippen molar-refractivity contribution in [3.8, 4) is 0 Å². The largest absolute Gasteiger partial charge is 0.469 e. The van der Waals surface area contributed by atoms with E-state index in [1.807, 2.05) is 6.92 Å². The van der Waals surface area contributed by atoms with Crippen molar-refractivity contribution < 1.29 is 38.1 Å². The third kappa shape index (κ3) is 6.52. The number of hydrogen-bond acceptors (Lipinski definition) is 8. The van der Waals surface area contributed by atoms with E-state index in [0.717, 1.165) is 11.1 Å². The van der Waals surface area contributed by atoms with Crippen LogP contribution in [-0.4, -0.2) is 61.3 Å². The topological polar surface area (TPSA) is 137 Å². The Morgan fingerprint density at radius 2 is 1.29 bits per heavy atom. The van der Waals surface area contributed by atoms with E-state index >= 15 is 0 Å². The first-order valence-electron chi connectivity index (χ1n) is 11.6. The molecule has 2 rings (SSSR count). The summed E-state index contributed by atoms with van der Waals surface area (Å²) >= 11 is 0. The average molecular weight is 491 g/mol. The summed E-state index contributed by atoms with van der Waals surface area (Å²) in [7, 11) is 2.62. The van der Waals surface area contributed by atoms with E-state index in [1.165, 1.54) is 14.2 Å². The molecule has 10 nitrogen and oxygen atoms in total. The second-order valence-electron chi connectivity index (χ2n) is 7.82. The Balaban J connectivity index is 2.61. The van der Waals surface area contributed by atoms with Crippen molar-refractivity contribution in [1.82, 2.24) is 9.97 Å². The summed E-state index contributed by atoms with van der Waals surface area (Å²) in [6.07, 6.45) is 1.21. The predicted octanol–water partition coefficient (Wildman–Crippen LogP) is 2.98. The Morgan fingerprint density at radius 3 is 1.83 bits per heavy atom. The van der Waals surface area contributed by atoms with Crippen LogP contribution in [0.5, 0.6) is 0 Å². The molecule has 0 aliphatic carbocycles. The van der Waals surface area contributed by atoms with Crippen LogP contribution in [0.4, 0.5) is 0 Å². The molecular weight excluding hydrogens is 456 g/mol. The van der Waals surface area contributed by atoms with Gasteiger partial charge < -0.3 is 28.9 Å². The second kappa shape index (κ2) is 12.8. The normalized spacial score (nSPS) is 10.7. The fourth-order valence-corrected chi connectivity index (χ4v) is 4.07. The number of esters is 4. The lowest BCUT2D eigenvalue weighted by Crippen LogP contribution is -2.09. The molecule has 0 atom stereocenters. The summed E-state index contributed by atoms with van der Waals surface area (Å²) in [6.45, 7) is 7.51. The molecule has 0 saturated carbocycles. The van der Waals surface area contributed by atoms with Crippen LogP contribution < -0.4 is 0 Å². The number of rotatable bonds is 12. The van der Waals surface area contributed by atoms with Crippen LogP contribution in [0.2, 0.25) is 0 Å². The van der Waals surface area contributed by atoms with Gasteiger partial charge in [0.25, 0.3) is 0 Å². The molecule has 10 heteroatoms. The van der Waals surface area contributed by atoms with Gasteiger partial charge >= 0.3 is 23.9 Å². The number of hydrogen-bond donors (Lipinski definition) is 2. The van der Waals surface area contributed by atoms with Gasteiger partial charge in [-0.3, -0.25) is 9.59 Å². The highest BCUT2D eigenvalue weighted by Gasteiger charge is 2.26. The Morgan fingerprint density at radius 1 is 0.743 bits per heavy atom. The molecule has 0 saturated heterocycles. The molecule has 0 bridgehead atoms. The summed E-state index contributed by atoms with van der Waals surface area (Å²) in [4.78, 5) is 55.4. The van der Waals surface area contributed by atoms with Crippen molar-refractivity contribution >= 4 is 23.9 Å². The minimum absolute atomic E-state index is 0.0445. The molecule has 2 aromatic heterocycles. The lowest BCUT2D eigenvalue weighted by atomic mass is 9.97. The van der Waals surface area contributed by atoms with Crippen molar-refractivity contribution in [3.05, 3.63) is 45.0 Å². The van der Waals surface area contributed by atoms with Gasteiger partial charge in [0.1, 0.15) is 11.4 Å².